The van der Waals surface area contributed by atoms with Crippen LogP contribution >= 0.6 is 11.6 Å². The van der Waals surface area contributed by atoms with Gasteiger partial charge in [0.05, 0.1) is 6.54 Å². The van der Waals surface area contributed by atoms with Gasteiger partial charge < -0.3 is 15.0 Å². The summed E-state index contributed by atoms with van der Waals surface area (Å²) in [4.78, 5) is 25.7. The van der Waals surface area contributed by atoms with Crippen LogP contribution in [0.5, 0.6) is 5.75 Å². The van der Waals surface area contributed by atoms with E-state index in [4.69, 9.17) is 16.3 Å². The Hall–Kier alpha value is -2.53. The number of hydrogen-bond donors (Lipinski definition) is 1. The van der Waals surface area contributed by atoms with E-state index in [1.807, 2.05) is 39.0 Å². The molecule has 138 valence electrons. The van der Waals surface area contributed by atoms with Crippen LogP contribution < -0.4 is 10.1 Å². The molecule has 0 aliphatic rings. The quantitative estimate of drug-likeness (QED) is 0.837. The van der Waals surface area contributed by atoms with Crippen LogP contribution in [-0.4, -0.2) is 36.9 Å². The van der Waals surface area contributed by atoms with Crippen LogP contribution in [0.25, 0.3) is 0 Å². The van der Waals surface area contributed by atoms with E-state index in [2.05, 4.69) is 5.32 Å². The molecule has 0 spiro atoms. The predicted molar refractivity (Wildman–Crippen MR) is 104 cm³/mol. The molecule has 26 heavy (non-hydrogen) atoms. The largest absolute Gasteiger partial charge is 0.483 e. The van der Waals surface area contributed by atoms with Crippen LogP contribution in [0.3, 0.4) is 0 Å². The molecule has 0 radical (unpaired) electrons. The van der Waals surface area contributed by atoms with E-state index in [-0.39, 0.29) is 25.0 Å². The Morgan fingerprint density at radius 3 is 2.50 bits per heavy atom. The molecule has 6 heteroatoms. The lowest BCUT2D eigenvalue weighted by Crippen LogP contribution is -2.37. The second kappa shape index (κ2) is 8.72. The zero-order valence-corrected chi connectivity index (χ0v) is 16.2. The Labute approximate surface area is 158 Å². The summed E-state index contributed by atoms with van der Waals surface area (Å²) < 4.78 is 5.53. The zero-order chi connectivity index (χ0) is 19.3. The molecule has 0 saturated heterocycles. The van der Waals surface area contributed by atoms with Gasteiger partial charge in [-0.15, -0.1) is 0 Å². The van der Waals surface area contributed by atoms with Crippen LogP contribution in [0.2, 0.25) is 5.02 Å². The monoisotopic (exact) mass is 374 g/mol. The summed E-state index contributed by atoms with van der Waals surface area (Å²) in [6.45, 7) is 5.55. The molecule has 2 aromatic rings. The first kappa shape index (κ1) is 19.8. The fraction of sp³-hybridized carbons (Fsp3) is 0.300. The third-order valence-electron chi connectivity index (χ3n) is 3.96. The lowest BCUT2D eigenvalue weighted by atomic mass is 10.1. The smallest absolute Gasteiger partial charge is 0.260 e. The highest BCUT2D eigenvalue weighted by atomic mass is 35.5. The number of rotatable bonds is 6. The first-order valence-electron chi connectivity index (χ1n) is 8.26. The summed E-state index contributed by atoms with van der Waals surface area (Å²) >= 11 is 5.90. The van der Waals surface area contributed by atoms with Crippen molar-refractivity contribution < 1.29 is 14.3 Å². The molecule has 2 aromatic carbocycles. The van der Waals surface area contributed by atoms with E-state index in [0.717, 1.165) is 22.4 Å². The maximum atomic E-state index is 12.2. The lowest BCUT2D eigenvalue weighted by Gasteiger charge is -2.18. The highest BCUT2D eigenvalue weighted by Crippen LogP contribution is 2.21. The number of benzene rings is 2. The molecule has 2 amide bonds. The second-order valence-corrected chi connectivity index (χ2v) is 6.75. The van der Waals surface area contributed by atoms with Crippen molar-refractivity contribution in [1.82, 2.24) is 4.90 Å². The van der Waals surface area contributed by atoms with E-state index in [1.54, 1.807) is 25.2 Å². The SMILES string of the molecule is Cc1ccc(C)c(NC(=O)CN(C)C(=O)COc2ccc(Cl)cc2C)c1. The van der Waals surface area contributed by atoms with E-state index in [1.165, 1.54) is 4.90 Å². The van der Waals surface area contributed by atoms with Gasteiger partial charge in [0.2, 0.25) is 5.91 Å². The van der Waals surface area contributed by atoms with Gasteiger partial charge in [0, 0.05) is 17.8 Å². The molecule has 0 unspecified atom stereocenters. The van der Waals surface area contributed by atoms with Crippen LogP contribution in [0.4, 0.5) is 5.69 Å². The van der Waals surface area contributed by atoms with Gasteiger partial charge in [0.1, 0.15) is 5.75 Å². The molecule has 0 heterocycles. The van der Waals surface area contributed by atoms with Gasteiger partial charge in [0.25, 0.3) is 5.91 Å². The van der Waals surface area contributed by atoms with E-state index in [9.17, 15) is 9.59 Å². The van der Waals surface area contributed by atoms with Gasteiger partial charge in [-0.05, 0) is 61.7 Å². The molecule has 5 nitrogen and oxygen atoms in total. The molecular weight excluding hydrogens is 352 g/mol. The number of nitrogens with zero attached hydrogens (tertiary/aromatic N) is 1. The molecule has 0 bridgehead atoms. The maximum Gasteiger partial charge on any atom is 0.260 e. The number of halogens is 1. The van der Waals surface area contributed by atoms with Gasteiger partial charge in [-0.1, -0.05) is 23.7 Å². The number of carbonyl (C=O) groups is 2. The number of aryl methyl sites for hydroxylation is 3. The topological polar surface area (TPSA) is 58.6 Å². The van der Waals surface area contributed by atoms with E-state index in [0.29, 0.717) is 10.8 Å². The Balaban J connectivity index is 1.87. The summed E-state index contributed by atoms with van der Waals surface area (Å²) in [7, 11) is 1.57. The molecule has 0 aromatic heterocycles. The van der Waals surface area contributed by atoms with Gasteiger partial charge >= 0.3 is 0 Å². The number of hydrogen-bond acceptors (Lipinski definition) is 3. The van der Waals surface area contributed by atoms with Crippen molar-refractivity contribution >= 4 is 29.1 Å². The number of nitrogens with one attached hydrogen (secondary N) is 1. The highest BCUT2D eigenvalue weighted by molar-refractivity contribution is 6.30. The number of anilines is 1. The number of likely N-dealkylation sites (N-methyl/N-ethyl adjacent to an activating group) is 1. The van der Waals surface area contributed by atoms with Crippen molar-refractivity contribution in [2.24, 2.45) is 0 Å². The Kier molecular flexibility index (Phi) is 6.64. The van der Waals surface area contributed by atoms with Crippen LogP contribution in [-0.2, 0) is 9.59 Å². The third kappa shape index (κ3) is 5.49. The van der Waals surface area contributed by atoms with Gasteiger partial charge in [-0.25, -0.2) is 0 Å². The summed E-state index contributed by atoms with van der Waals surface area (Å²) in [6.07, 6.45) is 0. The first-order valence-corrected chi connectivity index (χ1v) is 8.64. The molecule has 0 saturated carbocycles. The van der Waals surface area contributed by atoms with Crippen molar-refractivity contribution in [3.05, 3.63) is 58.1 Å². The fourth-order valence-corrected chi connectivity index (χ4v) is 2.61. The minimum absolute atomic E-state index is 0.0465. The van der Waals surface area contributed by atoms with Crippen molar-refractivity contribution in [1.29, 1.82) is 0 Å². The Bertz CT molecular complexity index is 821. The Morgan fingerprint density at radius 2 is 1.81 bits per heavy atom. The van der Waals surface area contributed by atoms with Crippen molar-refractivity contribution in [2.75, 3.05) is 25.5 Å². The second-order valence-electron chi connectivity index (χ2n) is 6.31. The van der Waals surface area contributed by atoms with Gasteiger partial charge in [-0.2, -0.15) is 0 Å². The standard InChI is InChI=1S/C20H23ClN2O3/c1-13-5-6-14(2)17(9-13)22-19(24)11-23(4)20(25)12-26-18-8-7-16(21)10-15(18)3/h5-10H,11-12H2,1-4H3,(H,22,24). The molecular formula is C20H23ClN2O3. The van der Waals surface area contributed by atoms with Crippen molar-refractivity contribution in [3.63, 3.8) is 0 Å². The first-order chi connectivity index (χ1) is 12.3. The average Bonchev–Trinajstić information content (AvgIpc) is 2.57. The van der Waals surface area contributed by atoms with Crippen molar-refractivity contribution in [3.8, 4) is 5.75 Å². The molecule has 0 aliphatic heterocycles. The van der Waals surface area contributed by atoms with Crippen LogP contribution in [0.1, 0.15) is 16.7 Å². The van der Waals surface area contributed by atoms with Crippen LogP contribution in [0.15, 0.2) is 36.4 Å². The van der Waals surface area contributed by atoms with Crippen molar-refractivity contribution in [2.45, 2.75) is 20.8 Å². The van der Waals surface area contributed by atoms with Crippen LogP contribution in [0, 0.1) is 20.8 Å². The minimum Gasteiger partial charge on any atom is -0.483 e. The summed E-state index contributed by atoms with van der Waals surface area (Å²) in [5.74, 6) is 0.0590. The summed E-state index contributed by atoms with van der Waals surface area (Å²) in [5, 5.41) is 3.45. The number of amides is 2. The summed E-state index contributed by atoms with van der Waals surface area (Å²) in [6, 6.07) is 11.0. The zero-order valence-electron chi connectivity index (χ0n) is 15.4. The molecule has 2 rings (SSSR count). The molecule has 1 N–H and O–H groups in total. The number of ether oxygens (including phenoxy) is 1. The van der Waals surface area contributed by atoms with E-state index < -0.39 is 0 Å². The van der Waals surface area contributed by atoms with E-state index >= 15 is 0 Å². The molecule has 0 atom stereocenters. The lowest BCUT2D eigenvalue weighted by molar-refractivity contribution is -0.135. The summed E-state index contributed by atoms with van der Waals surface area (Å²) in [5.41, 5.74) is 3.63. The van der Waals surface area contributed by atoms with Gasteiger partial charge in [0.15, 0.2) is 6.61 Å². The van der Waals surface area contributed by atoms with Gasteiger partial charge in [-0.3, -0.25) is 9.59 Å². The average molecular weight is 375 g/mol. The third-order valence-corrected chi connectivity index (χ3v) is 4.20. The fourth-order valence-electron chi connectivity index (χ4n) is 2.39. The molecule has 0 fully saturated rings. The minimum atomic E-state index is -0.282. The normalized spacial score (nSPS) is 10.3. The molecule has 0 aliphatic carbocycles. The number of carbonyl (C=O) groups excluding carboxylic acids is 2. The Morgan fingerprint density at radius 1 is 1.08 bits per heavy atom. The predicted octanol–water partition coefficient (Wildman–Crippen LogP) is 3.74. The highest BCUT2D eigenvalue weighted by Gasteiger charge is 2.15. The maximum absolute atomic E-state index is 12.2.